The first-order valence-electron chi connectivity index (χ1n) is 12.8. The molecule has 206 valence electrons. The number of carbonyl (C=O) groups is 2. The van der Waals surface area contributed by atoms with Crippen molar-refractivity contribution < 1.29 is 22.4 Å². The molecule has 1 atom stereocenters. The van der Waals surface area contributed by atoms with Crippen LogP contribution in [0.2, 0.25) is 0 Å². The quantitative estimate of drug-likeness (QED) is 0.337. The molecular formula is C29H31BrFN3O4S. The third-order valence-electron chi connectivity index (χ3n) is 6.86. The van der Waals surface area contributed by atoms with Gasteiger partial charge in [0.15, 0.2) is 0 Å². The molecule has 10 heteroatoms. The number of hydrogen-bond donors (Lipinski definition) is 1. The summed E-state index contributed by atoms with van der Waals surface area (Å²) in [6.45, 7) is 1.23. The van der Waals surface area contributed by atoms with Gasteiger partial charge >= 0.3 is 0 Å². The molecule has 0 saturated heterocycles. The van der Waals surface area contributed by atoms with E-state index >= 15 is 0 Å². The fourth-order valence-corrected chi connectivity index (χ4v) is 6.30. The lowest BCUT2D eigenvalue weighted by Crippen LogP contribution is -2.52. The molecule has 3 aromatic carbocycles. The average molecular weight is 617 g/mol. The van der Waals surface area contributed by atoms with E-state index in [4.69, 9.17) is 0 Å². The molecule has 0 heterocycles. The zero-order chi connectivity index (χ0) is 28.0. The van der Waals surface area contributed by atoms with E-state index in [1.807, 2.05) is 24.3 Å². The number of hydrogen-bond acceptors (Lipinski definition) is 4. The van der Waals surface area contributed by atoms with Crippen LogP contribution in [0, 0.1) is 5.82 Å². The molecule has 0 unspecified atom stereocenters. The number of sulfonamides is 1. The Bertz CT molecular complexity index is 1380. The van der Waals surface area contributed by atoms with Crippen molar-refractivity contribution in [2.45, 2.75) is 56.1 Å². The monoisotopic (exact) mass is 615 g/mol. The van der Waals surface area contributed by atoms with Gasteiger partial charge in [-0.1, -0.05) is 59.1 Å². The lowest BCUT2D eigenvalue weighted by molar-refractivity contribution is -0.139. The van der Waals surface area contributed by atoms with Crippen molar-refractivity contribution >= 4 is 43.5 Å². The van der Waals surface area contributed by atoms with Crippen LogP contribution in [0.25, 0.3) is 0 Å². The summed E-state index contributed by atoms with van der Waals surface area (Å²) in [6, 6.07) is 19.3. The number of nitrogens with one attached hydrogen (secondary N) is 1. The van der Waals surface area contributed by atoms with E-state index in [0.717, 1.165) is 52.2 Å². The Balaban J connectivity index is 1.66. The van der Waals surface area contributed by atoms with Crippen LogP contribution in [0.4, 0.5) is 10.1 Å². The van der Waals surface area contributed by atoms with Crippen LogP contribution in [-0.4, -0.2) is 43.8 Å². The second-order valence-electron chi connectivity index (χ2n) is 9.62. The second-order valence-corrected chi connectivity index (χ2v) is 12.4. The Morgan fingerprint density at radius 3 is 2.21 bits per heavy atom. The number of carbonyl (C=O) groups excluding carboxylic acids is 2. The highest BCUT2D eigenvalue weighted by atomic mass is 79.9. The summed E-state index contributed by atoms with van der Waals surface area (Å²) in [5, 5.41) is 3.05. The van der Waals surface area contributed by atoms with Crippen molar-refractivity contribution in [3.05, 3.63) is 94.7 Å². The van der Waals surface area contributed by atoms with Crippen LogP contribution in [0.15, 0.2) is 88.2 Å². The molecule has 4 rings (SSSR count). The van der Waals surface area contributed by atoms with Crippen LogP contribution in [0.1, 0.15) is 38.2 Å². The number of para-hydroxylation sites is 1. The Morgan fingerprint density at radius 1 is 0.974 bits per heavy atom. The predicted molar refractivity (Wildman–Crippen MR) is 152 cm³/mol. The average Bonchev–Trinajstić information content (AvgIpc) is 3.44. The molecule has 1 saturated carbocycles. The Morgan fingerprint density at radius 2 is 1.59 bits per heavy atom. The van der Waals surface area contributed by atoms with E-state index in [2.05, 4.69) is 21.2 Å². The van der Waals surface area contributed by atoms with E-state index in [1.54, 1.807) is 37.3 Å². The van der Waals surface area contributed by atoms with Gasteiger partial charge < -0.3 is 10.2 Å². The van der Waals surface area contributed by atoms with Gasteiger partial charge in [0.05, 0.1) is 10.6 Å². The van der Waals surface area contributed by atoms with Gasteiger partial charge in [-0.25, -0.2) is 12.8 Å². The van der Waals surface area contributed by atoms with E-state index in [9.17, 15) is 22.4 Å². The van der Waals surface area contributed by atoms with Gasteiger partial charge in [-0.05, 0) is 73.9 Å². The van der Waals surface area contributed by atoms with Crippen molar-refractivity contribution in [1.82, 2.24) is 10.2 Å². The minimum atomic E-state index is -4.23. The highest BCUT2D eigenvalue weighted by molar-refractivity contribution is 9.10. The molecule has 2 amide bonds. The standard InChI is InChI=1S/C29H31BrFN3O4S/c1-21(29(36)32-25-7-5-6-8-25)33(19-22-11-13-23(30)14-12-22)28(35)20-34(26-9-3-2-4-10-26)39(37,38)27-17-15-24(31)16-18-27/h2-4,9-18,21,25H,5-8,19-20H2,1H3,(H,32,36)/t21-/m0/s1. The Labute approximate surface area is 237 Å². The Hall–Kier alpha value is -3.24. The number of benzene rings is 3. The van der Waals surface area contributed by atoms with Crippen LogP contribution >= 0.6 is 15.9 Å². The molecule has 0 bridgehead atoms. The zero-order valence-corrected chi connectivity index (χ0v) is 24.0. The van der Waals surface area contributed by atoms with Crippen molar-refractivity contribution in [3.8, 4) is 0 Å². The molecule has 1 fully saturated rings. The number of rotatable bonds is 10. The van der Waals surface area contributed by atoms with Crippen molar-refractivity contribution in [3.63, 3.8) is 0 Å². The van der Waals surface area contributed by atoms with E-state index in [1.165, 1.54) is 17.0 Å². The first-order valence-corrected chi connectivity index (χ1v) is 15.1. The fourth-order valence-electron chi connectivity index (χ4n) is 4.62. The zero-order valence-electron chi connectivity index (χ0n) is 21.6. The van der Waals surface area contributed by atoms with Gasteiger partial charge in [-0.3, -0.25) is 13.9 Å². The molecule has 1 aliphatic rings. The molecule has 0 spiro atoms. The highest BCUT2D eigenvalue weighted by Crippen LogP contribution is 2.25. The van der Waals surface area contributed by atoms with E-state index in [0.29, 0.717) is 0 Å². The summed E-state index contributed by atoms with van der Waals surface area (Å²) in [4.78, 5) is 28.4. The normalized spacial score (nSPS) is 14.5. The van der Waals surface area contributed by atoms with Crippen LogP contribution in [-0.2, 0) is 26.2 Å². The molecule has 7 nitrogen and oxygen atoms in total. The van der Waals surface area contributed by atoms with Gasteiger partial charge in [0.2, 0.25) is 11.8 Å². The lowest BCUT2D eigenvalue weighted by Gasteiger charge is -2.32. The SMILES string of the molecule is C[C@@H](C(=O)NC1CCCC1)N(Cc1ccc(Br)cc1)C(=O)CN(c1ccccc1)S(=O)(=O)c1ccc(F)cc1. The summed E-state index contributed by atoms with van der Waals surface area (Å²) in [6.07, 6.45) is 3.90. The second kappa shape index (κ2) is 12.7. The van der Waals surface area contributed by atoms with Crippen molar-refractivity contribution in [2.75, 3.05) is 10.8 Å². The number of nitrogens with zero attached hydrogens (tertiary/aromatic N) is 2. The van der Waals surface area contributed by atoms with Gasteiger partial charge in [0, 0.05) is 17.1 Å². The van der Waals surface area contributed by atoms with Crippen molar-refractivity contribution in [1.29, 1.82) is 0 Å². The fraction of sp³-hybridized carbons (Fsp3) is 0.310. The van der Waals surface area contributed by atoms with Gasteiger partial charge in [-0.2, -0.15) is 0 Å². The highest BCUT2D eigenvalue weighted by Gasteiger charge is 2.33. The van der Waals surface area contributed by atoms with Crippen LogP contribution < -0.4 is 9.62 Å². The maximum absolute atomic E-state index is 13.9. The first-order chi connectivity index (χ1) is 18.6. The van der Waals surface area contributed by atoms with Crippen LogP contribution in [0.3, 0.4) is 0 Å². The van der Waals surface area contributed by atoms with Crippen LogP contribution in [0.5, 0.6) is 0 Å². The molecule has 39 heavy (non-hydrogen) atoms. The lowest BCUT2D eigenvalue weighted by atomic mass is 10.1. The summed E-state index contributed by atoms with van der Waals surface area (Å²) in [5.41, 5.74) is 1.07. The third kappa shape index (κ3) is 7.24. The van der Waals surface area contributed by atoms with Gasteiger partial charge in [0.1, 0.15) is 18.4 Å². The third-order valence-corrected chi connectivity index (χ3v) is 9.18. The van der Waals surface area contributed by atoms with Gasteiger partial charge in [-0.15, -0.1) is 0 Å². The molecule has 0 radical (unpaired) electrons. The maximum Gasteiger partial charge on any atom is 0.264 e. The number of halogens is 2. The topological polar surface area (TPSA) is 86.8 Å². The molecule has 0 aliphatic heterocycles. The summed E-state index contributed by atoms with van der Waals surface area (Å²) in [5.74, 6) is -1.39. The largest absolute Gasteiger partial charge is 0.352 e. The number of anilines is 1. The van der Waals surface area contributed by atoms with Crippen molar-refractivity contribution in [2.24, 2.45) is 0 Å². The molecule has 0 aromatic heterocycles. The molecule has 1 N–H and O–H groups in total. The predicted octanol–water partition coefficient (Wildman–Crippen LogP) is 5.26. The number of amides is 2. The van der Waals surface area contributed by atoms with Gasteiger partial charge in [0.25, 0.3) is 10.0 Å². The molecular weight excluding hydrogens is 585 g/mol. The molecule has 1 aliphatic carbocycles. The summed E-state index contributed by atoms with van der Waals surface area (Å²) < 4.78 is 42.8. The summed E-state index contributed by atoms with van der Waals surface area (Å²) >= 11 is 3.41. The van der Waals surface area contributed by atoms with E-state index in [-0.39, 0.29) is 29.1 Å². The smallest absolute Gasteiger partial charge is 0.264 e. The minimum absolute atomic E-state index is 0.0734. The maximum atomic E-state index is 13.9. The first kappa shape index (κ1) is 28.8. The minimum Gasteiger partial charge on any atom is -0.352 e. The van der Waals surface area contributed by atoms with E-state index < -0.39 is 34.3 Å². The summed E-state index contributed by atoms with van der Waals surface area (Å²) in [7, 11) is -4.23. The Kier molecular flexibility index (Phi) is 9.40. The molecule has 3 aromatic rings.